The largest absolute Gasteiger partial charge is 0.324 e. The SMILES string of the molecule is CCCC(=O)Nc1nc(C)c(-c2ccnc(Nc3cccc([N+](=O)[O-])c3)n2)s1. The maximum atomic E-state index is 11.8. The van der Waals surface area contributed by atoms with Crippen molar-refractivity contribution in [1.82, 2.24) is 15.0 Å². The van der Waals surface area contributed by atoms with Crippen molar-refractivity contribution in [3.8, 4) is 10.6 Å². The number of nitro groups is 1. The van der Waals surface area contributed by atoms with Crippen LogP contribution in [0, 0.1) is 17.0 Å². The van der Waals surface area contributed by atoms with E-state index in [-0.39, 0.29) is 11.6 Å². The summed E-state index contributed by atoms with van der Waals surface area (Å²) in [5, 5.41) is 17.2. The number of non-ortho nitro benzene ring substituents is 1. The van der Waals surface area contributed by atoms with E-state index < -0.39 is 4.92 Å². The second-order valence-corrected chi connectivity index (χ2v) is 6.93. The first-order valence-corrected chi connectivity index (χ1v) is 9.40. The summed E-state index contributed by atoms with van der Waals surface area (Å²) in [6.45, 7) is 3.78. The van der Waals surface area contributed by atoms with Crippen LogP contribution in [0.4, 0.5) is 22.5 Å². The highest BCUT2D eigenvalue weighted by atomic mass is 32.1. The first kappa shape index (κ1) is 19.4. The number of rotatable bonds is 7. The van der Waals surface area contributed by atoms with Gasteiger partial charge in [-0.3, -0.25) is 14.9 Å². The van der Waals surface area contributed by atoms with Crippen LogP contribution in [0.1, 0.15) is 25.5 Å². The molecule has 0 saturated carbocycles. The Morgan fingerprint density at radius 1 is 1.29 bits per heavy atom. The number of benzene rings is 1. The third-order valence-electron chi connectivity index (χ3n) is 3.72. The lowest BCUT2D eigenvalue weighted by Gasteiger charge is -2.06. The first-order valence-electron chi connectivity index (χ1n) is 8.58. The number of amides is 1. The highest BCUT2D eigenvalue weighted by molar-refractivity contribution is 7.19. The Kier molecular flexibility index (Phi) is 5.90. The van der Waals surface area contributed by atoms with Gasteiger partial charge in [0.05, 0.1) is 21.2 Å². The van der Waals surface area contributed by atoms with Gasteiger partial charge in [0.15, 0.2) is 5.13 Å². The van der Waals surface area contributed by atoms with Crippen molar-refractivity contribution in [1.29, 1.82) is 0 Å². The third kappa shape index (κ3) is 4.65. The number of anilines is 3. The monoisotopic (exact) mass is 398 g/mol. The molecule has 0 bridgehead atoms. The van der Waals surface area contributed by atoms with Crippen molar-refractivity contribution in [3.63, 3.8) is 0 Å². The molecular weight excluding hydrogens is 380 g/mol. The van der Waals surface area contributed by atoms with Gasteiger partial charge in [0, 0.05) is 30.4 Å². The van der Waals surface area contributed by atoms with E-state index in [0.717, 1.165) is 17.0 Å². The minimum atomic E-state index is -0.461. The van der Waals surface area contributed by atoms with E-state index in [2.05, 4.69) is 25.6 Å². The fourth-order valence-corrected chi connectivity index (χ4v) is 3.42. The first-order chi connectivity index (χ1) is 13.5. The van der Waals surface area contributed by atoms with Gasteiger partial charge >= 0.3 is 0 Å². The molecule has 0 aliphatic heterocycles. The number of thiazole rings is 1. The Labute approximate surface area is 165 Å². The van der Waals surface area contributed by atoms with Gasteiger partial charge < -0.3 is 10.6 Å². The molecule has 2 heterocycles. The molecule has 1 aromatic carbocycles. The molecule has 10 heteroatoms. The quantitative estimate of drug-likeness (QED) is 0.449. The van der Waals surface area contributed by atoms with Crippen LogP contribution < -0.4 is 10.6 Å². The number of nitrogens with zero attached hydrogens (tertiary/aromatic N) is 4. The molecule has 0 fully saturated rings. The molecule has 9 nitrogen and oxygen atoms in total. The number of carbonyl (C=O) groups is 1. The third-order valence-corrected chi connectivity index (χ3v) is 4.82. The van der Waals surface area contributed by atoms with Gasteiger partial charge in [0.1, 0.15) is 0 Å². The molecule has 0 aliphatic rings. The lowest BCUT2D eigenvalue weighted by molar-refractivity contribution is -0.384. The van der Waals surface area contributed by atoms with Gasteiger partial charge in [-0.25, -0.2) is 15.0 Å². The normalized spacial score (nSPS) is 10.5. The zero-order valence-corrected chi connectivity index (χ0v) is 16.1. The van der Waals surface area contributed by atoms with E-state index in [1.54, 1.807) is 24.4 Å². The van der Waals surface area contributed by atoms with Crippen LogP contribution in [-0.4, -0.2) is 25.8 Å². The van der Waals surface area contributed by atoms with Crippen molar-refractivity contribution < 1.29 is 9.72 Å². The second kappa shape index (κ2) is 8.53. The summed E-state index contributed by atoms with van der Waals surface area (Å²) in [5.74, 6) is 0.237. The van der Waals surface area contributed by atoms with Crippen molar-refractivity contribution in [2.24, 2.45) is 0 Å². The minimum Gasteiger partial charge on any atom is -0.324 e. The molecule has 28 heavy (non-hydrogen) atoms. The molecule has 144 valence electrons. The fourth-order valence-electron chi connectivity index (χ4n) is 2.47. The van der Waals surface area contributed by atoms with Crippen LogP contribution in [0.15, 0.2) is 36.5 Å². The molecule has 2 N–H and O–H groups in total. The average Bonchev–Trinajstić information content (AvgIpc) is 3.02. The minimum absolute atomic E-state index is 0.0214. The number of hydrogen-bond acceptors (Lipinski definition) is 8. The van der Waals surface area contributed by atoms with Gasteiger partial charge in [-0.05, 0) is 25.5 Å². The lowest BCUT2D eigenvalue weighted by Crippen LogP contribution is -2.10. The Hall–Kier alpha value is -3.40. The maximum absolute atomic E-state index is 11.8. The lowest BCUT2D eigenvalue weighted by atomic mass is 10.3. The molecule has 0 saturated heterocycles. The molecule has 2 aromatic heterocycles. The van der Waals surface area contributed by atoms with E-state index in [0.29, 0.717) is 28.9 Å². The van der Waals surface area contributed by atoms with Crippen molar-refractivity contribution in [3.05, 3.63) is 52.3 Å². The van der Waals surface area contributed by atoms with Crippen molar-refractivity contribution >= 4 is 39.7 Å². The number of nitrogens with one attached hydrogen (secondary N) is 2. The van der Waals surface area contributed by atoms with Crippen molar-refractivity contribution in [2.45, 2.75) is 26.7 Å². The molecule has 0 radical (unpaired) electrons. The van der Waals surface area contributed by atoms with Crippen LogP contribution in [0.2, 0.25) is 0 Å². The Morgan fingerprint density at radius 2 is 2.11 bits per heavy atom. The summed E-state index contributed by atoms with van der Waals surface area (Å²) in [6, 6.07) is 7.86. The molecule has 0 spiro atoms. The van der Waals surface area contributed by atoms with E-state index in [1.807, 2.05) is 13.8 Å². The molecule has 0 unspecified atom stereocenters. The van der Waals surface area contributed by atoms with Crippen LogP contribution in [0.5, 0.6) is 0 Å². The number of carbonyl (C=O) groups excluding carboxylic acids is 1. The molecule has 1 amide bonds. The highest BCUT2D eigenvalue weighted by Gasteiger charge is 2.14. The summed E-state index contributed by atoms with van der Waals surface area (Å²) in [7, 11) is 0. The predicted octanol–water partition coefficient (Wildman–Crippen LogP) is 4.30. The predicted molar refractivity (Wildman–Crippen MR) is 108 cm³/mol. The van der Waals surface area contributed by atoms with Crippen LogP contribution in [-0.2, 0) is 4.79 Å². The van der Waals surface area contributed by atoms with Gasteiger partial charge in [-0.1, -0.05) is 24.3 Å². The number of nitro benzene ring substituents is 1. The standard InChI is InChI=1S/C18H18N6O3S/c1-3-5-15(25)23-18-20-11(2)16(28-18)14-8-9-19-17(22-14)21-12-6-4-7-13(10-12)24(26)27/h4,6-10H,3,5H2,1-2H3,(H,19,21,22)(H,20,23,25). The average molecular weight is 398 g/mol. The molecule has 3 aromatic rings. The zero-order chi connectivity index (χ0) is 20.1. The smallest absolute Gasteiger partial charge is 0.271 e. The van der Waals surface area contributed by atoms with E-state index in [9.17, 15) is 14.9 Å². The van der Waals surface area contributed by atoms with E-state index in [1.165, 1.54) is 23.5 Å². The summed E-state index contributed by atoms with van der Waals surface area (Å²) >= 11 is 1.34. The van der Waals surface area contributed by atoms with Gasteiger partial charge in [0.25, 0.3) is 5.69 Å². The summed E-state index contributed by atoms with van der Waals surface area (Å²) in [5.41, 5.74) is 1.89. The molecule has 0 atom stereocenters. The van der Waals surface area contributed by atoms with E-state index >= 15 is 0 Å². The molecule has 0 aliphatic carbocycles. The summed E-state index contributed by atoms with van der Waals surface area (Å²) in [6.07, 6.45) is 2.80. The fraction of sp³-hybridized carbons (Fsp3) is 0.222. The molecule has 3 rings (SSSR count). The molecular formula is C18H18N6O3S. The maximum Gasteiger partial charge on any atom is 0.271 e. The van der Waals surface area contributed by atoms with Crippen molar-refractivity contribution in [2.75, 3.05) is 10.6 Å². The van der Waals surface area contributed by atoms with Crippen LogP contribution >= 0.6 is 11.3 Å². The number of aromatic nitrogens is 3. The van der Waals surface area contributed by atoms with Gasteiger partial charge in [-0.15, -0.1) is 0 Å². The Balaban J connectivity index is 1.82. The van der Waals surface area contributed by atoms with Crippen LogP contribution in [0.25, 0.3) is 10.6 Å². The topological polar surface area (TPSA) is 123 Å². The van der Waals surface area contributed by atoms with Gasteiger partial charge in [-0.2, -0.15) is 0 Å². The Morgan fingerprint density at radius 3 is 2.86 bits per heavy atom. The second-order valence-electron chi connectivity index (χ2n) is 5.93. The van der Waals surface area contributed by atoms with E-state index in [4.69, 9.17) is 0 Å². The van der Waals surface area contributed by atoms with Crippen LogP contribution in [0.3, 0.4) is 0 Å². The zero-order valence-electron chi connectivity index (χ0n) is 15.3. The highest BCUT2D eigenvalue weighted by Crippen LogP contribution is 2.32. The summed E-state index contributed by atoms with van der Waals surface area (Å²) < 4.78 is 0. The number of hydrogen-bond donors (Lipinski definition) is 2. The van der Waals surface area contributed by atoms with Gasteiger partial charge in [0.2, 0.25) is 11.9 Å². The Bertz CT molecular complexity index is 1020. The summed E-state index contributed by atoms with van der Waals surface area (Å²) in [4.78, 5) is 36.1. The number of aryl methyl sites for hydroxylation is 1.